The Balaban J connectivity index is 1.57. The molecule has 0 aromatic carbocycles. The van der Waals surface area contributed by atoms with Gasteiger partial charge < -0.3 is 4.90 Å². The van der Waals surface area contributed by atoms with E-state index in [4.69, 9.17) is 11.6 Å². The molecule has 0 saturated carbocycles. The molecule has 4 nitrogen and oxygen atoms in total. The quantitative estimate of drug-likeness (QED) is 0.816. The number of amides is 1. The van der Waals surface area contributed by atoms with E-state index >= 15 is 0 Å². The van der Waals surface area contributed by atoms with E-state index in [0.29, 0.717) is 10.8 Å². The molecule has 1 fully saturated rings. The number of piperazine rings is 1. The molecular formula is C15H16ClN3OS. The van der Waals surface area contributed by atoms with Crippen molar-refractivity contribution in [1.82, 2.24) is 14.8 Å². The number of thiophene rings is 1. The highest BCUT2D eigenvalue weighted by Gasteiger charge is 2.23. The van der Waals surface area contributed by atoms with E-state index in [2.05, 4.69) is 26.7 Å². The van der Waals surface area contributed by atoms with Gasteiger partial charge in [0.1, 0.15) is 10.8 Å². The van der Waals surface area contributed by atoms with Crippen molar-refractivity contribution < 1.29 is 4.79 Å². The van der Waals surface area contributed by atoms with Crippen molar-refractivity contribution in [3.8, 4) is 0 Å². The van der Waals surface area contributed by atoms with E-state index < -0.39 is 0 Å². The van der Waals surface area contributed by atoms with Crippen LogP contribution in [-0.4, -0.2) is 46.9 Å². The molecule has 1 amide bonds. The molecule has 2 aromatic rings. The van der Waals surface area contributed by atoms with Gasteiger partial charge in [0.05, 0.1) is 0 Å². The Bertz CT molecular complexity index is 609. The smallest absolute Gasteiger partial charge is 0.272 e. The molecule has 1 saturated heterocycles. The van der Waals surface area contributed by atoms with Crippen LogP contribution in [0.1, 0.15) is 16.1 Å². The molecule has 0 aliphatic carbocycles. The van der Waals surface area contributed by atoms with Crippen molar-refractivity contribution in [1.29, 1.82) is 0 Å². The lowest BCUT2D eigenvalue weighted by atomic mass is 10.2. The summed E-state index contributed by atoms with van der Waals surface area (Å²) in [6, 6.07) is 7.30. The van der Waals surface area contributed by atoms with Gasteiger partial charge in [-0.05, 0) is 34.5 Å². The average Bonchev–Trinajstić information content (AvgIpc) is 3.00. The maximum atomic E-state index is 12.4. The van der Waals surface area contributed by atoms with Crippen molar-refractivity contribution in [2.24, 2.45) is 0 Å². The van der Waals surface area contributed by atoms with Gasteiger partial charge in [-0.3, -0.25) is 9.69 Å². The summed E-state index contributed by atoms with van der Waals surface area (Å²) in [6.07, 6.45) is 0. The van der Waals surface area contributed by atoms with Crippen LogP contribution in [0.4, 0.5) is 0 Å². The van der Waals surface area contributed by atoms with Crippen LogP contribution >= 0.6 is 22.9 Å². The van der Waals surface area contributed by atoms with Gasteiger partial charge in [-0.25, -0.2) is 4.98 Å². The highest BCUT2D eigenvalue weighted by Crippen LogP contribution is 2.13. The monoisotopic (exact) mass is 321 g/mol. The van der Waals surface area contributed by atoms with Gasteiger partial charge in [0, 0.05) is 32.7 Å². The fourth-order valence-electron chi connectivity index (χ4n) is 2.44. The molecule has 1 aliphatic heterocycles. The second-order valence-corrected chi connectivity index (χ2v) is 6.21. The lowest BCUT2D eigenvalue weighted by Crippen LogP contribution is -2.48. The zero-order valence-corrected chi connectivity index (χ0v) is 13.1. The van der Waals surface area contributed by atoms with Crippen LogP contribution < -0.4 is 0 Å². The van der Waals surface area contributed by atoms with Crippen LogP contribution in [-0.2, 0) is 6.54 Å². The van der Waals surface area contributed by atoms with Gasteiger partial charge in [-0.15, -0.1) is 0 Å². The number of rotatable bonds is 3. The summed E-state index contributed by atoms with van der Waals surface area (Å²) in [5.41, 5.74) is 1.77. The van der Waals surface area contributed by atoms with E-state index in [1.165, 1.54) is 5.56 Å². The van der Waals surface area contributed by atoms with Gasteiger partial charge in [-0.2, -0.15) is 11.3 Å². The Morgan fingerprint density at radius 2 is 2.05 bits per heavy atom. The van der Waals surface area contributed by atoms with Crippen LogP contribution in [0.2, 0.25) is 5.15 Å². The lowest BCUT2D eigenvalue weighted by Gasteiger charge is -2.34. The van der Waals surface area contributed by atoms with Gasteiger partial charge >= 0.3 is 0 Å². The summed E-state index contributed by atoms with van der Waals surface area (Å²) in [7, 11) is 0. The Labute approximate surface area is 133 Å². The van der Waals surface area contributed by atoms with Crippen molar-refractivity contribution in [2.75, 3.05) is 26.2 Å². The summed E-state index contributed by atoms with van der Waals surface area (Å²) < 4.78 is 0. The van der Waals surface area contributed by atoms with E-state index in [1.807, 2.05) is 4.90 Å². The first-order valence-electron chi connectivity index (χ1n) is 6.87. The molecule has 0 spiro atoms. The number of hydrogen-bond donors (Lipinski definition) is 0. The molecule has 0 unspecified atom stereocenters. The molecule has 2 aromatic heterocycles. The lowest BCUT2D eigenvalue weighted by molar-refractivity contribution is 0.0623. The first-order valence-corrected chi connectivity index (χ1v) is 8.20. The van der Waals surface area contributed by atoms with Gasteiger partial charge in [-0.1, -0.05) is 17.7 Å². The van der Waals surface area contributed by atoms with Crippen LogP contribution in [0.15, 0.2) is 35.0 Å². The van der Waals surface area contributed by atoms with Crippen LogP contribution in [0.25, 0.3) is 0 Å². The third-order valence-electron chi connectivity index (χ3n) is 3.58. The largest absolute Gasteiger partial charge is 0.335 e. The molecule has 6 heteroatoms. The topological polar surface area (TPSA) is 36.4 Å². The number of carbonyl (C=O) groups is 1. The molecule has 110 valence electrons. The molecule has 21 heavy (non-hydrogen) atoms. The fraction of sp³-hybridized carbons (Fsp3) is 0.333. The number of pyridine rings is 1. The van der Waals surface area contributed by atoms with E-state index in [9.17, 15) is 4.79 Å². The van der Waals surface area contributed by atoms with Crippen LogP contribution in [0.3, 0.4) is 0 Å². The number of halogens is 1. The maximum Gasteiger partial charge on any atom is 0.272 e. The third-order valence-corrected chi connectivity index (χ3v) is 4.52. The normalized spacial score (nSPS) is 16.1. The van der Waals surface area contributed by atoms with Crippen LogP contribution in [0, 0.1) is 0 Å². The zero-order valence-electron chi connectivity index (χ0n) is 11.5. The molecule has 3 heterocycles. The number of aromatic nitrogens is 1. The van der Waals surface area contributed by atoms with Crippen LogP contribution in [0.5, 0.6) is 0 Å². The van der Waals surface area contributed by atoms with E-state index in [0.717, 1.165) is 32.7 Å². The highest BCUT2D eigenvalue weighted by atomic mass is 35.5. The summed E-state index contributed by atoms with van der Waals surface area (Å²) in [5, 5.41) is 4.63. The van der Waals surface area contributed by atoms with Gasteiger partial charge in [0.2, 0.25) is 0 Å². The molecule has 0 radical (unpaired) electrons. The van der Waals surface area contributed by atoms with Crippen molar-refractivity contribution in [2.45, 2.75) is 6.54 Å². The Hall–Kier alpha value is -1.43. The summed E-state index contributed by atoms with van der Waals surface area (Å²) in [5.74, 6) is -0.0346. The van der Waals surface area contributed by atoms with Crippen molar-refractivity contribution >= 4 is 28.8 Å². The van der Waals surface area contributed by atoms with E-state index in [-0.39, 0.29) is 5.91 Å². The predicted octanol–water partition coefficient (Wildman–Crippen LogP) is 2.75. The minimum absolute atomic E-state index is 0.0346. The summed E-state index contributed by atoms with van der Waals surface area (Å²) >= 11 is 7.56. The number of carbonyl (C=O) groups excluding carboxylic acids is 1. The Kier molecular flexibility index (Phi) is 4.53. The molecular weight excluding hydrogens is 306 g/mol. The molecule has 0 atom stereocenters. The number of nitrogens with zero attached hydrogens (tertiary/aromatic N) is 3. The van der Waals surface area contributed by atoms with E-state index in [1.54, 1.807) is 29.5 Å². The maximum absolute atomic E-state index is 12.4. The highest BCUT2D eigenvalue weighted by molar-refractivity contribution is 7.07. The minimum Gasteiger partial charge on any atom is -0.335 e. The molecule has 3 rings (SSSR count). The predicted molar refractivity (Wildman–Crippen MR) is 84.7 cm³/mol. The SMILES string of the molecule is O=C(c1cccc(Cl)n1)N1CCN(Cc2ccsc2)CC1. The Morgan fingerprint density at radius 3 is 2.71 bits per heavy atom. The second kappa shape index (κ2) is 6.56. The Morgan fingerprint density at radius 1 is 1.24 bits per heavy atom. The second-order valence-electron chi connectivity index (χ2n) is 5.05. The zero-order chi connectivity index (χ0) is 14.7. The molecule has 0 N–H and O–H groups in total. The van der Waals surface area contributed by atoms with Crippen molar-refractivity contribution in [3.05, 3.63) is 51.4 Å². The summed E-state index contributed by atoms with van der Waals surface area (Å²) in [6.45, 7) is 4.21. The first-order chi connectivity index (χ1) is 10.2. The minimum atomic E-state index is -0.0346. The van der Waals surface area contributed by atoms with Gasteiger partial charge in [0.15, 0.2) is 0 Å². The molecule has 0 bridgehead atoms. The first kappa shape index (κ1) is 14.5. The third kappa shape index (κ3) is 3.61. The molecule has 1 aliphatic rings. The standard InChI is InChI=1S/C15H16ClN3OS/c16-14-3-1-2-13(17-14)15(20)19-7-5-18(6-8-19)10-12-4-9-21-11-12/h1-4,9,11H,5-8,10H2. The average molecular weight is 322 g/mol. The van der Waals surface area contributed by atoms with Crippen molar-refractivity contribution in [3.63, 3.8) is 0 Å². The summed E-state index contributed by atoms with van der Waals surface area (Å²) in [4.78, 5) is 20.7. The fourth-order valence-corrected chi connectivity index (χ4v) is 3.26. The number of hydrogen-bond acceptors (Lipinski definition) is 4. The van der Waals surface area contributed by atoms with Gasteiger partial charge in [0.25, 0.3) is 5.91 Å².